The summed E-state index contributed by atoms with van der Waals surface area (Å²) in [5.41, 5.74) is 0. The van der Waals surface area contributed by atoms with Gasteiger partial charge in [-0.05, 0) is 0 Å². The van der Waals surface area contributed by atoms with E-state index in [0.717, 1.165) is 0 Å². The van der Waals surface area contributed by atoms with Crippen molar-refractivity contribution in [2.75, 3.05) is 27.6 Å². The average Bonchev–Trinajstić information content (AvgIpc) is 2.23. The predicted octanol–water partition coefficient (Wildman–Crippen LogP) is 0.805. The minimum Gasteiger partial charge on any atom is -0.396 e. The zero-order valence-electron chi connectivity index (χ0n) is 9.10. The van der Waals surface area contributed by atoms with E-state index < -0.39 is 0 Å². The lowest BCUT2D eigenvalue weighted by atomic mass is 10.0. The second kappa shape index (κ2) is 7.94. The van der Waals surface area contributed by atoms with Gasteiger partial charge in [0.25, 0.3) is 0 Å². The van der Waals surface area contributed by atoms with Crippen LogP contribution >= 0.6 is 0 Å². The van der Waals surface area contributed by atoms with Crippen LogP contribution in [0.1, 0.15) is 6.92 Å². The van der Waals surface area contributed by atoms with Gasteiger partial charge in [-0.3, -0.25) is 0 Å². The molecule has 0 rings (SSSR count). The summed E-state index contributed by atoms with van der Waals surface area (Å²) in [4.78, 5) is 0. The highest BCUT2D eigenvalue weighted by Gasteiger charge is 2.25. The molecular formula is C10H20O4. The molecule has 14 heavy (non-hydrogen) atoms. The molecule has 0 aromatic heterocycles. The lowest BCUT2D eigenvalue weighted by Crippen LogP contribution is -2.37. The minimum atomic E-state index is -0.234. The largest absolute Gasteiger partial charge is 0.396 e. The Balaban J connectivity index is 4.27. The maximum Gasteiger partial charge on any atom is 0.146 e. The Bertz CT molecular complexity index is 149. The summed E-state index contributed by atoms with van der Waals surface area (Å²) >= 11 is 0. The average molecular weight is 204 g/mol. The van der Waals surface area contributed by atoms with Gasteiger partial charge in [0.1, 0.15) is 12.9 Å². The molecule has 0 heterocycles. The standard InChI is InChI=1S/C10H20O4/c1-5-9(13-4)10(8(2)6-11)14-7-12-3/h5,8-11H,1,6-7H2,2-4H3/t8-,9+,10+/m1/s1. The molecule has 0 aromatic rings. The number of hydrogen-bond acceptors (Lipinski definition) is 4. The number of aliphatic hydroxyl groups is 1. The third kappa shape index (κ3) is 4.19. The van der Waals surface area contributed by atoms with E-state index in [1.54, 1.807) is 20.3 Å². The summed E-state index contributed by atoms with van der Waals surface area (Å²) in [6.07, 6.45) is 1.20. The van der Waals surface area contributed by atoms with Gasteiger partial charge in [-0.25, -0.2) is 0 Å². The van der Waals surface area contributed by atoms with Crippen LogP contribution in [0, 0.1) is 5.92 Å². The van der Waals surface area contributed by atoms with E-state index >= 15 is 0 Å². The van der Waals surface area contributed by atoms with E-state index in [-0.39, 0.29) is 31.5 Å². The van der Waals surface area contributed by atoms with E-state index in [1.807, 2.05) is 6.92 Å². The van der Waals surface area contributed by atoms with Gasteiger partial charge in [-0.2, -0.15) is 0 Å². The molecule has 0 amide bonds. The predicted molar refractivity (Wildman–Crippen MR) is 54.0 cm³/mol. The maximum absolute atomic E-state index is 9.03. The molecule has 0 saturated carbocycles. The van der Waals surface area contributed by atoms with Crippen LogP contribution in [0.5, 0.6) is 0 Å². The van der Waals surface area contributed by atoms with Gasteiger partial charge in [0.15, 0.2) is 0 Å². The molecule has 0 fully saturated rings. The quantitative estimate of drug-likeness (QED) is 0.469. The van der Waals surface area contributed by atoms with Crippen molar-refractivity contribution in [1.29, 1.82) is 0 Å². The first-order valence-electron chi connectivity index (χ1n) is 4.58. The number of hydrogen-bond donors (Lipinski definition) is 1. The Labute approximate surface area is 85.5 Å². The molecule has 0 bridgehead atoms. The molecule has 0 spiro atoms. The summed E-state index contributed by atoms with van der Waals surface area (Å²) < 4.78 is 15.4. The van der Waals surface area contributed by atoms with Crippen molar-refractivity contribution in [3.05, 3.63) is 12.7 Å². The van der Waals surface area contributed by atoms with Gasteiger partial charge in [0.2, 0.25) is 0 Å². The molecular weight excluding hydrogens is 184 g/mol. The zero-order chi connectivity index (χ0) is 11.0. The first kappa shape index (κ1) is 13.6. The first-order chi connectivity index (χ1) is 6.71. The highest BCUT2D eigenvalue weighted by atomic mass is 16.7. The van der Waals surface area contributed by atoms with Crippen molar-refractivity contribution in [3.63, 3.8) is 0 Å². The van der Waals surface area contributed by atoms with Gasteiger partial charge < -0.3 is 19.3 Å². The fraction of sp³-hybridized carbons (Fsp3) is 0.800. The SMILES string of the molecule is C=C[C@H](OC)[C@@H](OCOC)[C@H](C)CO. The van der Waals surface area contributed by atoms with Gasteiger partial charge in [-0.15, -0.1) is 6.58 Å². The van der Waals surface area contributed by atoms with Crippen LogP contribution in [0.3, 0.4) is 0 Å². The second-order valence-electron chi connectivity index (χ2n) is 3.13. The van der Waals surface area contributed by atoms with Crippen LogP contribution in [-0.2, 0) is 14.2 Å². The Morgan fingerprint density at radius 2 is 2.07 bits per heavy atom. The van der Waals surface area contributed by atoms with Crippen molar-refractivity contribution < 1.29 is 19.3 Å². The van der Waals surface area contributed by atoms with Crippen LogP contribution in [0.4, 0.5) is 0 Å². The summed E-state index contributed by atoms with van der Waals surface area (Å²) in [7, 11) is 3.13. The highest BCUT2D eigenvalue weighted by Crippen LogP contribution is 2.14. The van der Waals surface area contributed by atoms with Gasteiger partial charge in [-0.1, -0.05) is 13.0 Å². The molecule has 0 aliphatic heterocycles. The van der Waals surface area contributed by atoms with Crippen molar-refractivity contribution in [2.45, 2.75) is 19.1 Å². The molecule has 0 radical (unpaired) electrons. The Kier molecular flexibility index (Phi) is 7.70. The molecule has 4 heteroatoms. The van der Waals surface area contributed by atoms with Gasteiger partial charge in [0.05, 0.1) is 6.10 Å². The Morgan fingerprint density at radius 3 is 2.43 bits per heavy atom. The molecule has 0 aliphatic rings. The van der Waals surface area contributed by atoms with Gasteiger partial charge >= 0.3 is 0 Å². The molecule has 3 atom stereocenters. The van der Waals surface area contributed by atoms with E-state index in [4.69, 9.17) is 19.3 Å². The fourth-order valence-electron chi connectivity index (χ4n) is 1.20. The molecule has 0 saturated heterocycles. The van der Waals surface area contributed by atoms with E-state index in [2.05, 4.69) is 6.58 Å². The molecule has 0 unspecified atom stereocenters. The summed E-state index contributed by atoms with van der Waals surface area (Å²) in [5, 5.41) is 9.03. The second-order valence-corrected chi connectivity index (χ2v) is 3.13. The van der Waals surface area contributed by atoms with Crippen LogP contribution in [0.2, 0.25) is 0 Å². The van der Waals surface area contributed by atoms with Crippen molar-refractivity contribution in [2.24, 2.45) is 5.92 Å². The molecule has 4 nitrogen and oxygen atoms in total. The van der Waals surface area contributed by atoms with Crippen LogP contribution < -0.4 is 0 Å². The fourth-order valence-corrected chi connectivity index (χ4v) is 1.20. The lowest BCUT2D eigenvalue weighted by molar-refractivity contribution is -0.132. The normalized spacial score (nSPS) is 17.4. The Morgan fingerprint density at radius 1 is 1.43 bits per heavy atom. The van der Waals surface area contributed by atoms with Crippen molar-refractivity contribution >= 4 is 0 Å². The summed E-state index contributed by atoms with van der Waals surface area (Å²) in [6.45, 7) is 5.76. The molecule has 0 aliphatic carbocycles. The Hall–Kier alpha value is -0.420. The monoisotopic (exact) mass is 204 g/mol. The lowest BCUT2D eigenvalue weighted by Gasteiger charge is -2.27. The van der Waals surface area contributed by atoms with Crippen molar-refractivity contribution in [3.8, 4) is 0 Å². The summed E-state index contributed by atoms with van der Waals surface area (Å²) in [5.74, 6) is -0.0203. The number of rotatable bonds is 8. The third-order valence-corrected chi connectivity index (χ3v) is 2.06. The molecule has 84 valence electrons. The molecule has 1 N–H and O–H groups in total. The smallest absolute Gasteiger partial charge is 0.146 e. The van der Waals surface area contributed by atoms with Crippen LogP contribution in [0.25, 0.3) is 0 Å². The molecule has 0 aromatic carbocycles. The zero-order valence-corrected chi connectivity index (χ0v) is 9.10. The number of aliphatic hydroxyl groups excluding tert-OH is 1. The van der Waals surface area contributed by atoms with Gasteiger partial charge in [0, 0.05) is 26.7 Å². The van der Waals surface area contributed by atoms with E-state index in [9.17, 15) is 0 Å². The first-order valence-corrected chi connectivity index (χ1v) is 4.58. The number of ether oxygens (including phenoxy) is 3. The maximum atomic E-state index is 9.03. The van der Waals surface area contributed by atoms with E-state index in [0.29, 0.717) is 0 Å². The minimum absolute atomic E-state index is 0.0203. The summed E-state index contributed by atoms with van der Waals surface area (Å²) in [6, 6.07) is 0. The topological polar surface area (TPSA) is 47.9 Å². The van der Waals surface area contributed by atoms with Crippen LogP contribution in [-0.4, -0.2) is 44.9 Å². The van der Waals surface area contributed by atoms with Crippen LogP contribution in [0.15, 0.2) is 12.7 Å². The van der Waals surface area contributed by atoms with Crippen molar-refractivity contribution in [1.82, 2.24) is 0 Å². The third-order valence-electron chi connectivity index (χ3n) is 2.06. The number of methoxy groups -OCH3 is 2. The van der Waals surface area contributed by atoms with E-state index in [1.165, 1.54) is 0 Å². The highest BCUT2D eigenvalue weighted by molar-refractivity contribution is 4.89.